The van der Waals surface area contributed by atoms with Crippen LogP contribution in [-0.2, 0) is 10.0 Å². The first-order chi connectivity index (χ1) is 15.3. The molecule has 0 saturated heterocycles. The molecule has 0 amide bonds. The summed E-state index contributed by atoms with van der Waals surface area (Å²) in [5.41, 5.74) is 3.16. The minimum Gasteiger partial charge on any atom is -0.494 e. The second kappa shape index (κ2) is 10.1. The van der Waals surface area contributed by atoms with Crippen molar-refractivity contribution in [3.63, 3.8) is 0 Å². The topological polar surface area (TPSA) is 123 Å². The van der Waals surface area contributed by atoms with Crippen LogP contribution in [0.25, 0.3) is 0 Å². The van der Waals surface area contributed by atoms with Crippen molar-refractivity contribution in [3.05, 3.63) is 87.4 Å². The van der Waals surface area contributed by atoms with Crippen LogP contribution in [0.3, 0.4) is 0 Å². The van der Waals surface area contributed by atoms with E-state index in [2.05, 4.69) is 15.2 Å². The zero-order valence-corrected chi connectivity index (χ0v) is 18.4. The van der Waals surface area contributed by atoms with E-state index in [0.29, 0.717) is 11.6 Å². The zero-order chi connectivity index (χ0) is 23.1. The summed E-state index contributed by atoms with van der Waals surface area (Å²) in [5.74, 6) is 0.719. The Balaban J connectivity index is 1.79. The second-order valence-electron chi connectivity index (χ2n) is 6.42. The number of benzene rings is 3. The number of anilines is 2. The Morgan fingerprint density at radius 2 is 1.88 bits per heavy atom. The van der Waals surface area contributed by atoms with E-state index in [1.165, 1.54) is 30.5 Å². The summed E-state index contributed by atoms with van der Waals surface area (Å²) in [6.07, 6.45) is 1.48. The van der Waals surface area contributed by atoms with Crippen molar-refractivity contribution < 1.29 is 18.1 Å². The molecule has 0 atom stereocenters. The predicted octanol–water partition coefficient (Wildman–Crippen LogP) is 4.89. The molecule has 0 aliphatic rings. The van der Waals surface area contributed by atoms with E-state index in [0.717, 1.165) is 17.4 Å². The van der Waals surface area contributed by atoms with Crippen molar-refractivity contribution in [1.29, 1.82) is 0 Å². The number of ether oxygens (including phenoxy) is 1. The van der Waals surface area contributed by atoms with E-state index in [9.17, 15) is 18.5 Å². The number of hydrazone groups is 1. The molecular weight excluding hydrogens is 456 g/mol. The molecule has 0 bridgehead atoms. The summed E-state index contributed by atoms with van der Waals surface area (Å²) >= 11 is 5.87. The monoisotopic (exact) mass is 474 g/mol. The first kappa shape index (κ1) is 23.0. The summed E-state index contributed by atoms with van der Waals surface area (Å²) in [4.78, 5) is 10.5. The maximum absolute atomic E-state index is 12.6. The minimum absolute atomic E-state index is 0.0406. The number of hydrogen-bond donors (Lipinski definition) is 2. The highest BCUT2D eigenvalue weighted by Crippen LogP contribution is 2.29. The van der Waals surface area contributed by atoms with Gasteiger partial charge in [0, 0.05) is 11.1 Å². The molecule has 9 nitrogen and oxygen atoms in total. The SMILES string of the molecule is CCOc1ccc(/C=N/Nc2ccc(S(=O)(=O)Nc3cccc(Cl)c3)cc2[N+](=O)[O-])cc1. The molecule has 0 unspecified atom stereocenters. The number of hydrogen-bond acceptors (Lipinski definition) is 7. The van der Waals surface area contributed by atoms with Gasteiger partial charge in [-0.2, -0.15) is 5.10 Å². The van der Waals surface area contributed by atoms with Crippen LogP contribution >= 0.6 is 11.6 Å². The van der Waals surface area contributed by atoms with Crippen molar-refractivity contribution in [2.75, 3.05) is 16.8 Å². The summed E-state index contributed by atoms with van der Waals surface area (Å²) in [5, 5.41) is 15.9. The number of sulfonamides is 1. The quantitative estimate of drug-likeness (QED) is 0.258. The third-order valence-corrected chi connectivity index (χ3v) is 5.76. The van der Waals surface area contributed by atoms with E-state index < -0.39 is 20.6 Å². The van der Waals surface area contributed by atoms with Crippen molar-refractivity contribution in [2.45, 2.75) is 11.8 Å². The molecule has 2 N–H and O–H groups in total. The van der Waals surface area contributed by atoms with Crippen LogP contribution in [-0.4, -0.2) is 26.2 Å². The molecule has 0 spiro atoms. The molecule has 32 heavy (non-hydrogen) atoms. The van der Waals surface area contributed by atoms with E-state index >= 15 is 0 Å². The minimum atomic E-state index is -4.07. The smallest absolute Gasteiger partial charge is 0.295 e. The largest absolute Gasteiger partial charge is 0.494 e. The van der Waals surface area contributed by atoms with Crippen LogP contribution in [0.5, 0.6) is 5.75 Å². The highest BCUT2D eigenvalue weighted by molar-refractivity contribution is 7.92. The van der Waals surface area contributed by atoms with Gasteiger partial charge < -0.3 is 4.74 Å². The van der Waals surface area contributed by atoms with Gasteiger partial charge in [0.1, 0.15) is 11.4 Å². The van der Waals surface area contributed by atoms with Gasteiger partial charge in [-0.25, -0.2) is 8.42 Å². The normalized spacial score (nSPS) is 11.3. The van der Waals surface area contributed by atoms with Gasteiger partial charge in [0.2, 0.25) is 0 Å². The van der Waals surface area contributed by atoms with Crippen molar-refractivity contribution in [2.24, 2.45) is 5.10 Å². The highest BCUT2D eigenvalue weighted by Gasteiger charge is 2.21. The van der Waals surface area contributed by atoms with E-state index in [-0.39, 0.29) is 16.3 Å². The molecule has 0 aromatic heterocycles. The molecule has 11 heteroatoms. The average Bonchev–Trinajstić information content (AvgIpc) is 2.75. The van der Waals surface area contributed by atoms with Gasteiger partial charge in [0.25, 0.3) is 15.7 Å². The number of rotatable bonds is 9. The molecule has 0 fully saturated rings. The van der Waals surface area contributed by atoms with Gasteiger partial charge in [-0.15, -0.1) is 0 Å². The van der Waals surface area contributed by atoms with E-state index in [1.54, 1.807) is 36.4 Å². The molecule has 0 heterocycles. The van der Waals surface area contributed by atoms with Crippen molar-refractivity contribution in [3.8, 4) is 5.75 Å². The van der Waals surface area contributed by atoms with Gasteiger partial charge in [-0.3, -0.25) is 20.3 Å². The lowest BCUT2D eigenvalue weighted by atomic mass is 10.2. The third kappa shape index (κ3) is 5.96. The summed E-state index contributed by atoms with van der Waals surface area (Å²) in [6, 6.07) is 16.7. The summed E-state index contributed by atoms with van der Waals surface area (Å²) in [6.45, 7) is 2.44. The zero-order valence-electron chi connectivity index (χ0n) is 16.9. The number of nitro groups is 1. The lowest BCUT2D eigenvalue weighted by molar-refractivity contribution is -0.384. The molecule has 0 aliphatic heterocycles. The molecule has 0 aliphatic carbocycles. The van der Waals surface area contributed by atoms with Crippen LogP contribution in [0, 0.1) is 10.1 Å². The van der Waals surface area contributed by atoms with Crippen LogP contribution < -0.4 is 14.9 Å². The number of nitro benzene ring substituents is 1. The first-order valence-corrected chi connectivity index (χ1v) is 11.2. The Bertz CT molecular complexity index is 1250. The summed E-state index contributed by atoms with van der Waals surface area (Å²) in [7, 11) is -4.07. The fourth-order valence-corrected chi connectivity index (χ4v) is 3.94. The summed E-state index contributed by atoms with van der Waals surface area (Å²) < 4.78 is 33.0. The van der Waals surface area contributed by atoms with Gasteiger partial charge in [0.15, 0.2) is 0 Å². The Labute approximate surface area is 189 Å². The molecule has 3 rings (SSSR count). The van der Waals surface area contributed by atoms with Crippen LogP contribution in [0.4, 0.5) is 17.1 Å². The van der Waals surface area contributed by atoms with Crippen LogP contribution in [0.15, 0.2) is 76.7 Å². The second-order valence-corrected chi connectivity index (χ2v) is 8.54. The number of nitrogens with zero attached hydrogens (tertiary/aromatic N) is 2. The van der Waals surface area contributed by atoms with Crippen molar-refractivity contribution in [1.82, 2.24) is 0 Å². The maximum atomic E-state index is 12.6. The van der Waals surface area contributed by atoms with E-state index in [4.69, 9.17) is 16.3 Å². The van der Waals surface area contributed by atoms with Crippen LogP contribution in [0.1, 0.15) is 12.5 Å². The van der Waals surface area contributed by atoms with Gasteiger partial charge >= 0.3 is 0 Å². The Morgan fingerprint density at radius 3 is 2.53 bits per heavy atom. The molecular formula is C21H19ClN4O5S. The molecule has 3 aromatic carbocycles. The number of nitrogens with one attached hydrogen (secondary N) is 2. The molecule has 3 aromatic rings. The number of halogens is 1. The van der Waals surface area contributed by atoms with Crippen LogP contribution in [0.2, 0.25) is 5.02 Å². The highest BCUT2D eigenvalue weighted by atomic mass is 35.5. The third-order valence-electron chi connectivity index (χ3n) is 4.14. The van der Waals surface area contributed by atoms with Crippen molar-refractivity contribution >= 4 is 44.9 Å². The first-order valence-electron chi connectivity index (χ1n) is 9.37. The molecule has 0 saturated carbocycles. The molecule has 166 valence electrons. The maximum Gasteiger partial charge on any atom is 0.295 e. The lowest BCUT2D eigenvalue weighted by Gasteiger charge is -2.09. The fourth-order valence-electron chi connectivity index (χ4n) is 2.68. The Morgan fingerprint density at radius 1 is 1.12 bits per heavy atom. The lowest BCUT2D eigenvalue weighted by Crippen LogP contribution is -2.13. The van der Waals surface area contributed by atoms with Gasteiger partial charge in [-0.05, 0) is 67.1 Å². The average molecular weight is 475 g/mol. The predicted molar refractivity (Wildman–Crippen MR) is 124 cm³/mol. The van der Waals surface area contributed by atoms with E-state index in [1.807, 2.05) is 6.92 Å². The standard InChI is InChI=1S/C21H19ClN4O5S/c1-2-31-18-8-6-15(7-9-18)14-23-24-20-11-10-19(13-21(20)26(27)28)32(29,30)25-17-5-3-4-16(22)12-17/h3-14,24-25H,2H2,1H3/b23-14+. The fraction of sp³-hybridized carbons (Fsp3) is 0.0952. The molecule has 0 radical (unpaired) electrons. The Kier molecular flexibility index (Phi) is 7.29. The van der Waals surface area contributed by atoms with Gasteiger partial charge in [-0.1, -0.05) is 17.7 Å². The Hall–Kier alpha value is -3.63. The van der Waals surface area contributed by atoms with Gasteiger partial charge in [0.05, 0.1) is 28.3 Å².